The zero-order valence-electron chi connectivity index (χ0n) is 8.30. The molecule has 0 saturated carbocycles. The summed E-state index contributed by atoms with van der Waals surface area (Å²) in [5.41, 5.74) is 0. The summed E-state index contributed by atoms with van der Waals surface area (Å²) in [7, 11) is 0. The van der Waals surface area contributed by atoms with E-state index in [4.69, 9.17) is 0 Å². The molecule has 0 radical (unpaired) electrons. The van der Waals surface area contributed by atoms with E-state index in [1.165, 1.54) is 9.79 Å². The van der Waals surface area contributed by atoms with Crippen molar-refractivity contribution in [2.45, 2.75) is 9.79 Å². The highest BCUT2D eigenvalue weighted by molar-refractivity contribution is 9.12. The first-order valence-corrected chi connectivity index (χ1v) is 7.71. The number of allylic oxidation sites excluding steroid dienone is 2. The third kappa shape index (κ3) is 2.35. The quantitative estimate of drug-likeness (QED) is 0.625. The van der Waals surface area contributed by atoms with Crippen LogP contribution in [-0.2, 0) is 0 Å². The van der Waals surface area contributed by atoms with Gasteiger partial charge < -0.3 is 0 Å². The van der Waals surface area contributed by atoms with Gasteiger partial charge in [0, 0.05) is 28.6 Å². The number of rotatable bonds is 2. The molecule has 0 amide bonds. The highest BCUT2D eigenvalue weighted by Gasteiger charge is 2.20. The second-order valence-electron chi connectivity index (χ2n) is 3.07. The molecule has 0 aliphatic carbocycles. The van der Waals surface area contributed by atoms with Crippen LogP contribution in [0.1, 0.15) is 0 Å². The molecular weight excluding hydrogens is 368 g/mol. The van der Waals surface area contributed by atoms with Gasteiger partial charge in [0.2, 0.25) is 0 Å². The van der Waals surface area contributed by atoms with Gasteiger partial charge in [0.15, 0.2) is 0 Å². The molecule has 1 aromatic carbocycles. The van der Waals surface area contributed by atoms with Crippen LogP contribution in [0.2, 0.25) is 0 Å². The standard InChI is InChI=1S/C12H8Br2S2/c1-3-9-11(7(2)13)16-12-8(14)5-4-6-10(12)15-9/h3-6H,1-2H2. The molecule has 16 heavy (non-hydrogen) atoms. The largest absolute Gasteiger partial charge is 0.0979 e. The van der Waals surface area contributed by atoms with Gasteiger partial charge in [-0.15, -0.1) is 0 Å². The fourth-order valence-electron chi connectivity index (χ4n) is 1.31. The minimum Gasteiger partial charge on any atom is -0.0979 e. The van der Waals surface area contributed by atoms with Crippen molar-refractivity contribution < 1.29 is 0 Å². The Labute approximate surface area is 121 Å². The fourth-order valence-corrected chi connectivity index (χ4v) is 4.86. The van der Waals surface area contributed by atoms with Gasteiger partial charge in [-0.3, -0.25) is 0 Å². The Bertz CT molecular complexity index is 504. The SMILES string of the molecule is C=CC1=C(C(=C)Br)Sc2c(Br)cccc2S1. The van der Waals surface area contributed by atoms with E-state index in [9.17, 15) is 0 Å². The molecule has 1 aliphatic heterocycles. The molecule has 0 N–H and O–H groups in total. The second kappa shape index (κ2) is 5.17. The Balaban J connectivity index is 2.52. The molecule has 0 saturated heterocycles. The number of hydrogen-bond donors (Lipinski definition) is 0. The van der Waals surface area contributed by atoms with Crippen molar-refractivity contribution in [3.8, 4) is 0 Å². The summed E-state index contributed by atoms with van der Waals surface area (Å²) in [5.74, 6) is 0. The van der Waals surface area contributed by atoms with E-state index in [0.29, 0.717) is 0 Å². The van der Waals surface area contributed by atoms with Gasteiger partial charge in [-0.05, 0) is 28.1 Å². The fraction of sp³-hybridized carbons (Fsp3) is 0. The third-order valence-electron chi connectivity index (χ3n) is 2.01. The Morgan fingerprint density at radius 1 is 1.31 bits per heavy atom. The van der Waals surface area contributed by atoms with E-state index >= 15 is 0 Å². The summed E-state index contributed by atoms with van der Waals surface area (Å²) in [5, 5.41) is 0. The van der Waals surface area contributed by atoms with Crippen LogP contribution in [0.25, 0.3) is 0 Å². The molecule has 1 aromatic rings. The summed E-state index contributed by atoms with van der Waals surface area (Å²) in [6.45, 7) is 7.79. The molecule has 0 atom stereocenters. The van der Waals surface area contributed by atoms with Crippen LogP contribution in [0.15, 0.2) is 66.0 Å². The number of hydrogen-bond acceptors (Lipinski definition) is 2. The molecule has 0 nitrogen and oxygen atoms in total. The van der Waals surface area contributed by atoms with Crippen LogP contribution in [0.4, 0.5) is 0 Å². The number of thioether (sulfide) groups is 2. The van der Waals surface area contributed by atoms with Crippen LogP contribution in [0.5, 0.6) is 0 Å². The number of halogens is 2. The third-order valence-corrected chi connectivity index (χ3v) is 6.32. The lowest BCUT2D eigenvalue weighted by Gasteiger charge is -2.20. The van der Waals surface area contributed by atoms with Gasteiger partial charge in [0.25, 0.3) is 0 Å². The van der Waals surface area contributed by atoms with Crippen LogP contribution < -0.4 is 0 Å². The van der Waals surface area contributed by atoms with Crippen LogP contribution >= 0.6 is 55.4 Å². The Morgan fingerprint density at radius 3 is 2.69 bits per heavy atom. The van der Waals surface area contributed by atoms with Gasteiger partial charge in [-0.25, -0.2) is 0 Å². The minimum atomic E-state index is 0.904. The van der Waals surface area contributed by atoms with Crippen LogP contribution in [-0.4, -0.2) is 0 Å². The lowest BCUT2D eigenvalue weighted by Crippen LogP contribution is -1.92. The summed E-state index contributed by atoms with van der Waals surface area (Å²) in [6.07, 6.45) is 1.88. The second-order valence-corrected chi connectivity index (χ2v) is 6.99. The molecule has 0 unspecified atom stereocenters. The molecule has 82 valence electrons. The maximum atomic E-state index is 3.94. The highest BCUT2D eigenvalue weighted by Crippen LogP contribution is 2.52. The predicted molar refractivity (Wildman–Crippen MR) is 81.1 cm³/mol. The van der Waals surface area contributed by atoms with Crippen molar-refractivity contribution in [2.24, 2.45) is 0 Å². The molecule has 0 aromatic heterocycles. The molecule has 0 spiro atoms. The van der Waals surface area contributed by atoms with E-state index in [1.807, 2.05) is 12.1 Å². The molecule has 4 heteroatoms. The van der Waals surface area contributed by atoms with Crippen molar-refractivity contribution in [2.75, 3.05) is 0 Å². The van der Waals surface area contributed by atoms with Gasteiger partial charge >= 0.3 is 0 Å². The first-order valence-electron chi connectivity index (χ1n) is 4.49. The normalized spacial score (nSPS) is 14.6. The zero-order valence-corrected chi connectivity index (χ0v) is 13.1. The molecular formula is C12H8Br2S2. The summed E-state index contributed by atoms with van der Waals surface area (Å²) in [6, 6.07) is 6.22. The number of fused-ring (bicyclic) bond motifs is 1. The summed E-state index contributed by atoms with van der Waals surface area (Å²) >= 11 is 10.5. The lowest BCUT2D eigenvalue weighted by molar-refractivity contribution is 1.22. The maximum Gasteiger partial charge on any atom is 0.0404 e. The Morgan fingerprint density at radius 2 is 2.06 bits per heavy atom. The van der Waals surface area contributed by atoms with E-state index in [2.05, 4.69) is 57.2 Å². The van der Waals surface area contributed by atoms with E-state index in [0.717, 1.165) is 18.8 Å². The maximum absolute atomic E-state index is 3.94. The van der Waals surface area contributed by atoms with Gasteiger partial charge in [-0.2, -0.15) is 0 Å². The average molecular weight is 376 g/mol. The smallest absolute Gasteiger partial charge is 0.0404 e. The van der Waals surface area contributed by atoms with Crippen LogP contribution in [0.3, 0.4) is 0 Å². The molecule has 0 bridgehead atoms. The lowest BCUT2D eigenvalue weighted by atomic mass is 10.4. The van der Waals surface area contributed by atoms with Crippen molar-refractivity contribution in [3.05, 3.63) is 56.2 Å². The van der Waals surface area contributed by atoms with E-state index in [-0.39, 0.29) is 0 Å². The molecule has 0 fully saturated rings. The van der Waals surface area contributed by atoms with Crippen molar-refractivity contribution >= 4 is 55.4 Å². The van der Waals surface area contributed by atoms with Gasteiger partial charge in [-0.1, -0.05) is 64.8 Å². The van der Waals surface area contributed by atoms with Gasteiger partial charge in [0.05, 0.1) is 0 Å². The first-order chi connectivity index (χ1) is 7.63. The van der Waals surface area contributed by atoms with Gasteiger partial charge in [0.1, 0.15) is 0 Å². The van der Waals surface area contributed by atoms with Crippen molar-refractivity contribution in [1.82, 2.24) is 0 Å². The summed E-state index contributed by atoms with van der Waals surface area (Å²) < 4.78 is 2.03. The van der Waals surface area contributed by atoms with Crippen LogP contribution in [0, 0.1) is 0 Å². The Kier molecular flexibility index (Phi) is 4.06. The average Bonchev–Trinajstić information content (AvgIpc) is 2.27. The topological polar surface area (TPSA) is 0 Å². The first kappa shape index (κ1) is 12.6. The molecule has 1 aliphatic rings. The molecule has 1 heterocycles. The highest BCUT2D eigenvalue weighted by atomic mass is 79.9. The van der Waals surface area contributed by atoms with E-state index in [1.54, 1.807) is 23.5 Å². The zero-order chi connectivity index (χ0) is 11.7. The summed E-state index contributed by atoms with van der Waals surface area (Å²) in [4.78, 5) is 4.79. The predicted octanol–water partition coefficient (Wildman–Crippen LogP) is 5.95. The monoisotopic (exact) mass is 374 g/mol. The molecule has 2 rings (SSSR count). The number of benzene rings is 1. The Hall–Kier alpha value is 0.1000. The van der Waals surface area contributed by atoms with Crippen molar-refractivity contribution in [3.63, 3.8) is 0 Å². The van der Waals surface area contributed by atoms with E-state index < -0.39 is 0 Å². The minimum absolute atomic E-state index is 0.904. The van der Waals surface area contributed by atoms with Crippen molar-refractivity contribution in [1.29, 1.82) is 0 Å².